The molecule has 18 heavy (non-hydrogen) atoms. The van der Waals surface area contributed by atoms with E-state index in [1.807, 2.05) is 12.1 Å². The molecule has 0 unspecified atom stereocenters. The average molecular weight is 279 g/mol. The van der Waals surface area contributed by atoms with Crippen LogP contribution in [0.3, 0.4) is 0 Å². The first-order chi connectivity index (χ1) is 8.70. The van der Waals surface area contributed by atoms with E-state index in [2.05, 4.69) is 16.9 Å². The van der Waals surface area contributed by atoms with Crippen molar-refractivity contribution in [3.05, 3.63) is 53.0 Å². The topological polar surface area (TPSA) is 42.0 Å². The summed E-state index contributed by atoms with van der Waals surface area (Å²) < 4.78 is 0. The Kier molecular flexibility index (Phi) is 4.12. The molecule has 1 heterocycles. The van der Waals surface area contributed by atoms with E-state index in [9.17, 15) is 4.79 Å². The lowest BCUT2D eigenvalue weighted by Gasteiger charge is -1.98. The normalized spacial score (nSPS) is 10.1. The Balaban J connectivity index is 2.17. The Morgan fingerprint density at radius 2 is 2.17 bits per heavy atom. The summed E-state index contributed by atoms with van der Waals surface area (Å²) in [5.41, 5.74) is 1.37. The summed E-state index contributed by atoms with van der Waals surface area (Å²) >= 11 is 7.25. The van der Waals surface area contributed by atoms with Crippen LogP contribution in [0, 0.1) is 0 Å². The fraction of sp³-hybridized carbons (Fsp3) is 0.0769. The first kappa shape index (κ1) is 12.8. The van der Waals surface area contributed by atoms with Gasteiger partial charge in [-0.2, -0.15) is 0 Å². The third kappa shape index (κ3) is 2.97. The highest BCUT2D eigenvalue weighted by Gasteiger charge is 2.10. The van der Waals surface area contributed by atoms with Gasteiger partial charge in [-0.05, 0) is 12.1 Å². The van der Waals surface area contributed by atoms with Crippen molar-refractivity contribution >= 4 is 28.8 Å². The number of hydrogen-bond donors (Lipinski definition) is 1. The Morgan fingerprint density at radius 3 is 2.83 bits per heavy atom. The molecule has 0 fully saturated rings. The molecule has 0 bridgehead atoms. The second-order valence-electron chi connectivity index (χ2n) is 3.54. The van der Waals surface area contributed by atoms with E-state index in [1.54, 1.807) is 23.6 Å². The summed E-state index contributed by atoms with van der Waals surface area (Å²) in [7, 11) is 0. The van der Waals surface area contributed by atoms with Crippen LogP contribution in [0.1, 0.15) is 10.5 Å². The molecular weight excluding hydrogens is 268 g/mol. The number of amides is 1. The zero-order chi connectivity index (χ0) is 13.0. The predicted octanol–water partition coefficient (Wildman–Crippen LogP) is 3.38. The van der Waals surface area contributed by atoms with Crippen molar-refractivity contribution in [2.75, 3.05) is 6.54 Å². The van der Waals surface area contributed by atoms with E-state index in [0.717, 1.165) is 10.6 Å². The maximum atomic E-state index is 11.7. The summed E-state index contributed by atoms with van der Waals surface area (Å²) in [6.07, 6.45) is 1.63. The minimum absolute atomic E-state index is 0.189. The number of carbonyl (C=O) groups excluding carboxylic acids is 1. The highest BCUT2D eigenvalue weighted by molar-refractivity contribution is 7.13. The molecule has 0 saturated heterocycles. The van der Waals surface area contributed by atoms with Crippen LogP contribution in [0.5, 0.6) is 0 Å². The van der Waals surface area contributed by atoms with E-state index >= 15 is 0 Å². The maximum absolute atomic E-state index is 11.7. The fourth-order valence-corrected chi connectivity index (χ4v) is 2.29. The van der Waals surface area contributed by atoms with Gasteiger partial charge in [0.15, 0.2) is 0 Å². The minimum Gasteiger partial charge on any atom is -0.347 e. The Bertz CT molecular complexity index is 563. The number of hydrogen-bond acceptors (Lipinski definition) is 3. The smallest absolute Gasteiger partial charge is 0.271 e. The van der Waals surface area contributed by atoms with Crippen LogP contribution in [0.25, 0.3) is 10.6 Å². The zero-order valence-corrected chi connectivity index (χ0v) is 11.1. The lowest BCUT2D eigenvalue weighted by molar-refractivity contribution is 0.0954. The molecule has 0 atom stereocenters. The van der Waals surface area contributed by atoms with Crippen molar-refractivity contribution in [1.29, 1.82) is 0 Å². The third-order valence-electron chi connectivity index (χ3n) is 2.23. The molecule has 0 saturated carbocycles. The molecule has 5 heteroatoms. The van der Waals surface area contributed by atoms with Gasteiger partial charge in [-0.3, -0.25) is 4.79 Å². The van der Waals surface area contributed by atoms with Crippen molar-refractivity contribution < 1.29 is 4.79 Å². The van der Waals surface area contributed by atoms with Crippen LogP contribution < -0.4 is 5.32 Å². The van der Waals surface area contributed by atoms with Crippen molar-refractivity contribution in [1.82, 2.24) is 10.3 Å². The van der Waals surface area contributed by atoms with Gasteiger partial charge in [0, 0.05) is 22.5 Å². The largest absolute Gasteiger partial charge is 0.347 e. The first-order valence-electron chi connectivity index (χ1n) is 5.31. The molecule has 0 spiro atoms. The molecular formula is C13H11ClN2OS. The molecule has 0 aliphatic carbocycles. The quantitative estimate of drug-likeness (QED) is 0.871. The van der Waals surface area contributed by atoms with Crippen LogP contribution in [0.2, 0.25) is 5.02 Å². The summed E-state index contributed by atoms with van der Waals surface area (Å²) in [6.45, 7) is 3.98. The molecule has 1 aromatic carbocycles. The molecule has 0 radical (unpaired) electrons. The Morgan fingerprint density at radius 1 is 1.44 bits per heavy atom. The highest BCUT2D eigenvalue weighted by Crippen LogP contribution is 2.24. The second kappa shape index (κ2) is 5.80. The molecule has 0 aliphatic heterocycles. The third-order valence-corrected chi connectivity index (χ3v) is 3.38. The van der Waals surface area contributed by atoms with Gasteiger partial charge in [0.1, 0.15) is 10.7 Å². The van der Waals surface area contributed by atoms with Crippen LogP contribution in [0.15, 0.2) is 42.3 Å². The first-order valence-corrected chi connectivity index (χ1v) is 6.57. The molecule has 1 N–H and O–H groups in total. The lowest BCUT2D eigenvalue weighted by Crippen LogP contribution is -2.23. The van der Waals surface area contributed by atoms with Gasteiger partial charge in [-0.25, -0.2) is 4.98 Å². The van der Waals surface area contributed by atoms with E-state index in [-0.39, 0.29) is 5.91 Å². The van der Waals surface area contributed by atoms with E-state index in [0.29, 0.717) is 17.3 Å². The second-order valence-corrected chi connectivity index (χ2v) is 4.84. The number of benzene rings is 1. The van der Waals surface area contributed by atoms with Crippen molar-refractivity contribution in [3.63, 3.8) is 0 Å². The zero-order valence-electron chi connectivity index (χ0n) is 9.52. The van der Waals surface area contributed by atoms with Gasteiger partial charge in [0.25, 0.3) is 5.91 Å². The highest BCUT2D eigenvalue weighted by atomic mass is 35.5. The minimum atomic E-state index is -0.189. The van der Waals surface area contributed by atoms with Crippen molar-refractivity contribution in [2.45, 2.75) is 0 Å². The van der Waals surface area contributed by atoms with Gasteiger partial charge in [-0.1, -0.05) is 29.8 Å². The fourth-order valence-electron chi connectivity index (χ4n) is 1.36. The van der Waals surface area contributed by atoms with Gasteiger partial charge in [-0.15, -0.1) is 17.9 Å². The van der Waals surface area contributed by atoms with Crippen molar-refractivity contribution in [2.24, 2.45) is 0 Å². The standard InChI is InChI=1S/C13H11ClN2OS/c1-2-7-15-12(17)11-8-18-13(16-11)9-3-5-10(14)6-4-9/h2-6,8H,1,7H2,(H,15,17). The number of thiazole rings is 1. The van der Waals surface area contributed by atoms with Gasteiger partial charge >= 0.3 is 0 Å². The number of halogens is 1. The Labute approximate surface area is 114 Å². The van der Waals surface area contributed by atoms with Crippen LogP contribution >= 0.6 is 22.9 Å². The predicted molar refractivity (Wildman–Crippen MR) is 75.1 cm³/mol. The van der Waals surface area contributed by atoms with Crippen LogP contribution in [-0.2, 0) is 0 Å². The van der Waals surface area contributed by atoms with Gasteiger partial charge in [0.2, 0.25) is 0 Å². The Hall–Kier alpha value is -1.65. The SMILES string of the molecule is C=CCNC(=O)c1csc(-c2ccc(Cl)cc2)n1. The molecule has 0 aliphatic rings. The molecule has 92 valence electrons. The maximum Gasteiger partial charge on any atom is 0.271 e. The molecule has 1 amide bonds. The van der Waals surface area contributed by atoms with Crippen molar-refractivity contribution in [3.8, 4) is 10.6 Å². The number of nitrogens with zero attached hydrogens (tertiary/aromatic N) is 1. The van der Waals surface area contributed by atoms with Crippen LogP contribution in [-0.4, -0.2) is 17.4 Å². The number of nitrogens with one attached hydrogen (secondary N) is 1. The number of carbonyl (C=O) groups is 1. The van der Waals surface area contributed by atoms with Crippen LogP contribution in [0.4, 0.5) is 0 Å². The van der Waals surface area contributed by atoms with Gasteiger partial charge in [0.05, 0.1) is 0 Å². The molecule has 3 nitrogen and oxygen atoms in total. The van der Waals surface area contributed by atoms with E-state index in [1.165, 1.54) is 11.3 Å². The number of aromatic nitrogens is 1. The van der Waals surface area contributed by atoms with Gasteiger partial charge < -0.3 is 5.32 Å². The number of rotatable bonds is 4. The van der Waals surface area contributed by atoms with E-state index in [4.69, 9.17) is 11.6 Å². The summed E-state index contributed by atoms with van der Waals surface area (Å²) in [5, 5.41) is 5.91. The average Bonchev–Trinajstić information content (AvgIpc) is 2.86. The monoisotopic (exact) mass is 278 g/mol. The molecule has 2 aromatic rings. The summed E-state index contributed by atoms with van der Waals surface area (Å²) in [5.74, 6) is -0.189. The summed E-state index contributed by atoms with van der Waals surface area (Å²) in [4.78, 5) is 16.0. The molecule has 2 rings (SSSR count). The lowest BCUT2D eigenvalue weighted by atomic mass is 10.2. The molecule has 1 aromatic heterocycles. The summed E-state index contributed by atoms with van der Waals surface area (Å²) in [6, 6.07) is 7.37. The van der Waals surface area contributed by atoms with E-state index < -0.39 is 0 Å².